The Balaban J connectivity index is 2.27. The number of nitrogens with zero attached hydrogens (tertiary/aromatic N) is 1. The van der Waals surface area contributed by atoms with Crippen molar-refractivity contribution in [3.05, 3.63) is 0 Å². The van der Waals surface area contributed by atoms with Crippen molar-refractivity contribution in [1.29, 1.82) is 0 Å². The molecule has 0 aromatic carbocycles. The van der Waals surface area contributed by atoms with E-state index >= 15 is 0 Å². The monoisotopic (exact) mass is 271 g/mol. The standard InChI is InChI=1S/C14H29N3O2/c1-11(2)10-16-14(18)12(3)17-7-4-13(5-8-17)19-9-6-15/h11-13H,4-10,15H2,1-3H3,(H,16,18). The molecule has 0 aromatic heterocycles. The van der Waals surface area contributed by atoms with Gasteiger partial charge in [0.05, 0.1) is 18.8 Å². The molecular formula is C14H29N3O2. The van der Waals surface area contributed by atoms with Crippen LogP contribution in [0.4, 0.5) is 0 Å². The molecule has 3 N–H and O–H groups in total. The predicted octanol–water partition coefficient (Wildman–Crippen LogP) is 0.587. The first-order valence-electron chi connectivity index (χ1n) is 7.38. The number of ether oxygens (including phenoxy) is 1. The summed E-state index contributed by atoms with van der Waals surface area (Å²) in [5, 5.41) is 3.00. The number of likely N-dealkylation sites (tertiary alicyclic amines) is 1. The molecule has 0 aromatic rings. The third-order valence-electron chi connectivity index (χ3n) is 3.56. The summed E-state index contributed by atoms with van der Waals surface area (Å²) in [7, 11) is 0. The molecule has 1 aliphatic rings. The van der Waals surface area contributed by atoms with Gasteiger partial charge in [-0.25, -0.2) is 0 Å². The zero-order valence-corrected chi connectivity index (χ0v) is 12.5. The molecule has 0 bridgehead atoms. The fourth-order valence-electron chi connectivity index (χ4n) is 2.28. The summed E-state index contributed by atoms with van der Waals surface area (Å²) in [4.78, 5) is 14.2. The van der Waals surface area contributed by atoms with Crippen LogP contribution in [0.15, 0.2) is 0 Å². The van der Waals surface area contributed by atoms with Crippen molar-refractivity contribution < 1.29 is 9.53 Å². The molecule has 1 fully saturated rings. The molecule has 5 nitrogen and oxygen atoms in total. The zero-order chi connectivity index (χ0) is 14.3. The van der Waals surface area contributed by atoms with Crippen LogP contribution < -0.4 is 11.1 Å². The van der Waals surface area contributed by atoms with Gasteiger partial charge in [0, 0.05) is 26.2 Å². The van der Waals surface area contributed by atoms with Gasteiger partial charge in [0.25, 0.3) is 0 Å². The largest absolute Gasteiger partial charge is 0.377 e. The van der Waals surface area contributed by atoms with Gasteiger partial charge in [0.2, 0.25) is 5.91 Å². The van der Waals surface area contributed by atoms with Gasteiger partial charge in [-0.3, -0.25) is 9.69 Å². The molecule has 112 valence electrons. The Labute approximate surface area is 116 Å². The first-order chi connectivity index (χ1) is 9.04. The molecular weight excluding hydrogens is 242 g/mol. The smallest absolute Gasteiger partial charge is 0.237 e. The van der Waals surface area contributed by atoms with E-state index in [9.17, 15) is 4.79 Å². The Morgan fingerprint density at radius 1 is 1.37 bits per heavy atom. The first-order valence-corrected chi connectivity index (χ1v) is 7.38. The van der Waals surface area contributed by atoms with E-state index in [-0.39, 0.29) is 11.9 Å². The van der Waals surface area contributed by atoms with E-state index in [0.29, 0.717) is 25.2 Å². The van der Waals surface area contributed by atoms with Crippen molar-refractivity contribution in [2.24, 2.45) is 11.7 Å². The molecule has 0 aliphatic carbocycles. The van der Waals surface area contributed by atoms with Crippen LogP contribution in [-0.2, 0) is 9.53 Å². The van der Waals surface area contributed by atoms with E-state index in [1.165, 1.54) is 0 Å². The fourth-order valence-corrected chi connectivity index (χ4v) is 2.28. The fraction of sp³-hybridized carbons (Fsp3) is 0.929. The molecule has 1 saturated heterocycles. The number of carbonyl (C=O) groups excluding carboxylic acids is 1. The van der Waals surface area contributed by atoms with Crippen molar-refractivity contribution in [3.8, 4) is 0 Å². The van der Waals surface area contributed by atoms with Crippen LogP contribution in [0, 0.1) is 5.92 Å². The molecule has 1 atom stereocenters. The number of carbonyl (C=O) groups is 1. The topological polar surface area (TPSA) is 67.6 Å². The molecule has 19 heavy (non-hydrogen) atoms. The van der Waals surface area contributed by atoms with Gasteiger partial charge >= 0.3 is 0 Å². The molecule has 0 saturated carbocycles. The molecule has 1 aliphatic heterocycles. The maximum absolute atomic E-state index is 12.0. The summed E-state index contributed by atoms with van der Waals surface area (Å²) in [5.74, 6) is 0.626. The molecule has 5 heteroatoms. The minimum Gasteiger partial charge on any atom is -0.377 e. The average molecular weight is 271 g/mol. The van der Waals surface area contributed by atoms with Gasteiger partial charge in [-0.05, 0) is 25.7 Å². The second-order valence-corrected chi connectivity index (χ2v) is 5.71. The van der Waals surface area contributed by atoms with Crippen LogP contribution in [0.1, 0.15) is 33.6 Å². The highest BCUT2D eigenvalue weighted by Gasteiger charge is 2.26. The summed E-state index contributed by atoms with van der Waals surface area (Å²) >= 11 is 0. The van der Waals surface area contributed by atoms with Crippen molar-refractivity contribution in [2.45, 2.75) is 45.8 Å². The maximum atomic E-state index is 12.0. The number of hydrogen-bond donors (Lipinski definition) is 2. The summed E-state index contributed by atoms with van der Waals surface area (Å²) in [6, 6.07) is -0.0470. The van der Waals surface area contributed by atoms with Crippen LogP contribution >= 0.6 is 0 Å². The SMILES string of the molecule is CC(C)CNC(=O)C(C)N1CCC(OCCN)CC1. The van der Waals surface area contributed by atoms with Crippen LogP contribution in [0.3, 0.4) is 0 Å². The van der Waals surface area contributed by atoms with E-state index < -0.39 is 0 Å². The lowest BCUT2D eigenvalue weighted by atomic mass is 10.1. The van der Waals surface area contributed by atoms with Gasteiger partial charge in [0.1, 0.15) is 0 Å². The lowest BCUT2D eigenvalue weighted by Crippen LogP contribution is -2.49. The minimum atomic E-state index is -0.0470. The van der Waals surface area contributed by atoms with Crippen molar-refractivity contribution in [3.63, 3.8) is 0 Å². The van der Waals surface area contributed by atoms with Crippen LogP contribution in [0.5, 0.6) is 0 Å². The molecule has 1 unspecified atom stereocenters. The highest BCUT2D eigenvalue weighted by molar-refractivity contribution is 5.81. The third-order valence-corrected chi connectivity index (χ3v) is 3.56. The summed E-state index contributed by atoms with van der Waals surface area (Å²) in [5.41, 5.74) is 5.43. The number of nitrogens with two attached hydrogens (primary N) is 1. The number of amides is 1. The summed E-state index contributed by atoms with van der Waals surface area (Å²) in [6.45, 7) is 9.99. The molecule has 1 amide bonds. The average Bonchev–Trinajstić information content (AvgIpc) is 2.42. The lowest BCUT2D eigenvalue weighted by molar-refractivity contribution is -0.127. The third kappa shape index (κ3) is 5.89. The Morgan fingerprint density at radius 3 is 2.53 bits per heavy atom. The Kier molecular flexibility index (Phi) is 7.34. The summed E-state index contributed by atoms with van der Waals surface area (Å²) < 4.78 is 5.65. The highest BCUT2D eigenvalue weighted by Crippen LogP contribution is 2.15. The van der Waals surface area contributed by atoms with Gasteiger partial charge in [-0.15, -0.1) is 0 Å². The van der Waals surface area contributed by atoms with Crippen LogP contribution in [-0.4, -0.2) is 55.7 Å². The van der Waals surface area contributed by atoms with Crippen LogP contribution in [0.25, 0.3) is 0 Å². The second kappa shape index (κ2) is 8.51. The molecule has 1 heterocycles. The van der Waals surface area contributed by atoms with E-state index in [1.54, 1.807) is 0 Å². The number of piperidine rings is 1. The minimum absolute atomic E-state index is 0.0470. The Morgan fingerprint density at radius 2 is 2.00 bits per heavy atom. The van der Waals surface area contributed by atoms with Gasteiger partial charge in [-0.1, -0.05) is 13.8 Å². The Bertz CT molecular complexity index is 263. The number of nitrogens with one attached hydrogen (secondary N) is 1. The number of rotatable bonds is 7. The maximum Gasteiger partial charge on any atom is 0.237 e. The predicted molar refractivity (Wildman–Crippen MR) is 76.9 cm³/mol. The Hall–Kier alpha value is -0.650. The molecule has 1 rings (SSSR count). The molecule has 0 radical (unpaired) electrons. The second-order valence-electron chi connectivity index (χ2n) is 5.71. The van der Waals surface area contributed by atoms with E-state index in [1.807, 2.05) is 6.92 Å². The molecule has 0 spiro atoms. The quantitative estimate of drug-likeness (QED) is 0.711. The van der Waals surface area contributed by atoms with E-state index in [0.717, 1.165) is 32.5 Å². The van der Waals surface area contributed by atoms with E-state index in [2.05, 4.69) is 24.1 Å². The highest BCUT2D eigenvalue weighted by atomic mass is 16.5. The normalized spacial score (nSPS) is 19.6. The van der Waals surface area contributed by atoms with Gasteiger partial charge in [0.15, 0.2) is 0 Å². The zero-order valence-electron chi connectivity index (χ0n) is 12.5. The van der Waals surface area contributed by atoms with Gasteiger partial charge < -0.3 is 15.8 Å². The van der Waals surface area contributed by atoms with Gasteiger partial charge in [-0.2, -0.15) is 0 Å². The van der Waals surface area contributed by atoms with Crippen molar-refractivity contribution >= 4 is 5.91 Å². The summed E-state index contributed by atoms with van der Waals surface area (Å²) in [6.07, 6.45) is 2.29. The van der Waals surface area contributed by atoms with E-state index in [4.69, 9.17) is 10.5 Å². The first kappa shape index (κ1) is 16.4. The number of hydrogen-bond acceptors (Lipinski definition) is 4. The van der Waals surface area contributed by atoms with Crippen molar-refractivity contribution in [1.82, 2.24) is 10.2 Å². The van der Waals surface area contributed by atoms with Crippen LogP contribution in [0.2, 0.25) is 0 Å². The van der Waals surface area contributed by atoms with Crippen molar-refractivity contribution in [2.75, 3.05) is 32.8 Å². The lowest BCUT2D eigenvalue weighted by Gasteiger charge is -2.35.